The van der Waals surface area contributed by atoms with Gasteiger partial charge in [0.25, 0.3) is 0 Å². The number of aldehydes is 1. The summed E-state index contributed by atoms with van der Waals surface area (Å²) in [6.07, 6.45) is 8.41. The Balaban J connectivity index is 2.52. The smallest absolute Gasteiger partial charge is 0.120 e. The van der Waals surface area contributed by atoms with Crippen LogP contribution in [-0.2, 0) is 4.79 Å². The predicted octanol–water partition coefficient (Wildman–Crippen LogP) is 2.57. The third-order valence-corrected chi connectivity index (χ3v) is 2.29. The molecule has 0 aromatic rings. The molecule has 0 spiro atoms. The van der Waals surface area contributed by atoms with Crippen molar-refractivity contribution in [2.75, 3.05) is 0 Å². The standard InChI is InChI=1S/C10H16O/c1-10(2)6-3-4-9(8-10)5-7-11/h3-4,7,9H,5-6,8H2,1-2H3. The van der Waals surface area contributed by atoms with E-state index in [0.717, 1.165) is 19.1 Å². The van der Waals surface area contributed by atoms with Crippen LogP contribution in [0.15, 0.2) is 12.2 Å². The van der Waals surface area contributed by atoms with Gasteiger partial charge < -0.3 is 4.79 Å². The number of allylic oxidation sites excluding steroid dienone is 2. The van der Waals surface area contributed by atoms with Crippen molar-refractivity contribution in [2.45, 2.75) is 33.1 Å². The fourth-order valence-corrected chi connectivity index (χ4v) is 1.73. The lowest BCUT2D eigenvalue weighted by Crippen LogP contribution is -2.19. The summed E-state index contributed by atoms with van der Waals surface area (Å²) in [5, 5.41) is 0. The first-order valence-corrected chi connectivity index (χ1v) is 4.24. The van der Waals surface area contributed by atoms with Gasteiger partial charge in [0.1, 0.15) is 6.29 Å². The second-order valence-corrected chi connectivity index (χ2v) is 4.16. The summed E-state index contributed by atoms with van der Waals surface area (Å²) in [5.74, 6) is 0.497. The molecule has 1 nitrogen and oxygen atoms in total. The fraction of sp³-hybridized carbons (Fsp3) is 0.700. The second-order valence-electron chi connectivity index (χ2n) is 4.16. The van der Waals surface area contributed by atoms with Crippen LogP contribution in [0.3, 0.4) is 0 Å². The van der Waals surface area contributed by atoms with Gasteiger partial charge in [0.15, 0.2) is 0 Å². The van der Waals surface area contributed by atoms with E-state index in [1.54, 1.807) is 0 Å². The minimum absolute atomic E-state index is 0.405. The van der Waals surface area contributed by atoms with Crippen LogP contribution >= 0.6 is 0 Å². The molecular formula is C10H16O. The predicted molar refractivity (Wildman–Crippen MR) is 46.3 cm³/mol. The minimum atomic E-state index is 0.405. The van der Waals surface area contributed by atoms with E-state index in [-0.39, 0.29) is 0 Å². The summed E-state index contributed by atoms with van der Waals surface area (Å²) in [6, 6.07) is 0. The lowest BCUT2D eigenvalue weighted by molar-refractivity contribution is -0.108. The van der Waals surface area contributed by atoms with Crippen molar-refractivity contribution in [3.8, 4) is 0 Å². The van der Waals surface area contributed by atoms with Gasteiger partial charge in [0.2, 0.25) is 0 Å². The largest absolute Gasteiger partial charge is 0.303 e. The maximum Gasteiger partial charge on any atom is 0.120 e. The first-order valence-electron chi connectivity index (χ1n) is 4.24. The number of hydrogen-bond acceptors (Lipinski definition) is 1. The van der Waals surface area contributed by atoms with Crippen molar-refractivity contribution in [1.29, 1.82) is 0 Å². The first-order chi connectivity index (χ1) is 5.14. The summed E-state index contributed by atoms with van der Waals surface area (Å²) in [6.45, 7) is 4.52. The molecule has 62 valence electrons. The molecular weight excluding hydrogens is 136 g/mol. The van der Waals surface area contributed by atoms with E-state index >= 15 is 0 Å². The van der Waals surface area contributed by atoms with Crippen molar-refractivity contribution in [1.82, 2.24) is 0 Å². The number of hydrogen-bond donors (Lipinski definition) is 0. The average molecular weight is 152 g/mol. The van der Waals surface area contributed by atoms with Crippen LogP contribution < -0.4 is 0 Å². The summed E-state index contributed by atoms with van der Waals surface area (Å²) in [7, 11) is 0. The molecule has 0 amide bonds. The Hall–Kier alpha value is -0.590. The van der Waals surface area contributed by atoms with Gasteiger partial charge in [-0.15, -0.1) is 0 Å². The van der Waals surface area contributed by atoms with E-state index in [1.807, 2.05) is 0 Å². The van der Waals surface area contributed by atoms with E-state index in [4.69, 9.17) is 0 Å². The summed E-state index contributed by atoms with van der Waals surface area (Å²) in [4.78, 5) is 10.3. The lowest BCUT2D eigenvalue weighted by Gasteiger charge is -2.30. The normalized spacial score (nSPS) is 28.4. The third-order valence-electron chi connectivity index (χ3n) is 2.29. The molecule has 1 rings (SSSR count). The zero-order valence-electron chi connectivity index (χ0n) is 7.34. The Morgan fingerprint density at radius 2 is 2.36 bits per heavy atom. The lowest BCUT2D eigenvalue weighted by atomic mass is 9.75. The summed E-state index contributed by atoms with van der Waals surface area (Å²) >= 11 is 0. The zero-order chi connectivity index (χ0) is 8.32. The highest BCUT2D eigenvalue weighted by Crippen LogP contribution is 2.35. The monoisotopic (exact) mass is 152 g/mol. The van der Waals surface area contributed by atoms with Crippen LogP contribution in [0.2, 0.25) is 0 Å². The topological polar surface area (TPSA) is 17.1 Å². The molecule has 0 bridgehead atoms. The van der Waals surface area contributed by atoms with E-state index in [1.165, 1.54) is 0 Å². The first kappa shape index (κ1) is 8.51. The molecule has 0 saturated heterocycles. The molecule has 1 atom stereocenters. The van der Waals surface area contributed by atoms with Gasteiger partial charge in [-0.2, -0.15) is 0 Å². The summed E-state index contributed by atoms with van der Waals surface area (Å²) < 4.78 is 0. The van der Waals surface area contributed by atoms with Crippen molar-refractivity contribution >= 4 is 6.29 Å². The number of carbonyl (C=O) groups excluding carboxylic acids is 1. The molecule has 1 aliphatic carbocycles. The minimum Gasteiger partial charge on any atom is -0.303 e. The van der Waals surface area contributed by atoms with Crippen LogP contribution in [-0.4, -0.2) is 6.29 Å². The van der Waals surface area contributed by atoms with Crippen LogP contribution in [0.5, 0.6) is 0 Å². The molecule has 1 unspecified atom stereocenters. The number of carbonyl (C=O) groups is 1. The van der Waals surface area contributed by atoms with Crippen LogP contribution in [0.4, 0.5) is 0 Å². The van der Waals surface area contributed by atoms with E-state index < -0.39 is 0 Å². The van der Waals surface area contributed by atoms with E-state index in [0.29, 0.717) is 17.8 Å². The Morgan fingerprint density at radius 1 is 1.64 bits per heavy atom. The third kappa shape index (κ3) is 2.49. The average Bonchev–Trinajstić information content (AvgIpc) is 1.85. The van der Waals surface area contributed by atoms with Gasteiger partial charge >= 0.3 is 0 Å². The maximum absolute atomic E-state index is 10.3. The molecule has 1 heteroatoms. The van der Waals surface area contributed by atoms with Gasteiger partial charge in [0, 0.05) is 6.42 Å². The Labute approximate surface area is 68.5 Å². The molecule has 1 aliphatic rings. The van der Waals surface area contributed by atoms with Crippen molar-refractivity contribution in [3.05, 3.63) is 12.2 Å². The van der Waals surface area contributed by atoms with Crippen LogP contribution in [0.25, 0.3) is 0 Å². The summed E-state index contributed by atoms with van der Waals surface area (Å²) in [5.41, 5.74) is 0.405. The van der Waals surface area contributed by atoms with E-state index in [9.17, 15) is 4.79 Å². The molecule has 0 aromatic heterocycles. The van der Waals surface area contributed by atoms with Crippen molar-refractivity contribution < 1.29 is 4.79 Å². The molecule has 0 heterocycles. The highest BCUT2D eigenvalue weighted by molar-refractivity contribution is 5.50. The van der Waals surface area contributed by atoms with Gasteiger partial charge in [-0.3, -0.25) is 0 Å². The van der Waals surface area contributed by atoms with Crippen molar-refractivity contribution in [2.24, 2.45) is 11.3 Å². The van der Waals surface area contributed by atoms with Crippen LogP contribution in [0.1, 0.15) is 33.1 Å². The highest BCUT2D eigenvalue weighted by atomic mass is 16.1. The fourth-order valence-electron chi connectivity index (χ4n) is 1.73. The number of rotatable bonds is 2. The Morgan fingerprint density at radius 3 is 2.91 bits per heavy atom. The molecule has 0 aliphatic heterocycles. The van der Waals surface area contributed by atoms with Gasteiger partial charge in [0.05, 0.1) is 0 Å². The zero-order valence-corrected chi connectivity index (χ0v) is 7.34. The molecule has 0 fully saturated rings. The van der Waals surface area contributed by atoms with Gasteiger partial charge in [-0.1, -0.05) is 26.0 Å². The SMILES string of the molecule is CC1(C)CC=CC(CC=O)C1. The molecule has 0 radical (unpaired) electrons. The molecule has 11 heavy (non-hydrogen) atoms. The van der Waals surface area contributed by atoms with Crippen LogP contribution in [0, 0.1) is 11.3 Å². The second kappa shape index (κ2) is 3.21. The quantitative estimate of drug-likeness (QED) is 0.439. The Bertz CT molecular complexity index is 168. The van der Waals surface area contributed by atoms with Gasteiger partial charge in [-0.05, 0) is 24.2 Å². The van der Waals surface area contributed by atoms with E-state index in [2.05, 4.69) is 26.0 Å². The molecule has 0 N–H and O–H groups in total. The Kier molecular flexibility index (Phi) is 2.48. The van der Waals surface area contributed by atoms with Crippen molar-refractivity contribution in [3.63, 3.8) is 0 Å². The molecule has 0 saturated carbocycles. The highest BCUT2D eigenvalue weighted by Gasteiger charge is 2.23. The van der Waals surface area contributed by atoms with Gasteiger partial charge in [-0.25, -0.2) is 0 Å². The molecule has 0 aromatic carbocycles. The maximum atomic E-state index is 10.3.